The Balaban J connectivity index is 1.83. The van der Waals surface area contributed by atoms with Gasteiger partial charge in [-0.1, -0.05) is 61.3 Å². The van der Waals surface area contributed by atoms with Crippen molar-refractivity contribution in [3.05, 3.63) is 67.5 Å². The summed E-state index contributed by atoms with van der Waals surface area (Å²) in [5.41, 5.74) is 1.95. The van der Waals surface area contributed by atoms with Crippen LogP contribution < -0.4 is 5.56 Å². The van der Waals surface area contributed by atoms with Gasteiger partial charge in [-0.05, 0) is 11.5 Å². The fourth-order valence-corrected chi connectivity index (χ4v) is 3.40. The summed E-state index contributed by atoms with van der Waals surface area (Å²) < 4.78 is 1.29. The van der Waals surface area contributed by atoms with Crippen LogP contribution in [0, 0.1) is 0 Å². The smallest absolute Gasteiger partial charge is 0.266 e. The first-order valence-electron chi connectivity index (χ1n) is 7.42. The molecule has 0 amide bonds. The Hall–Kier alpha value is -1.69. The molecule has 0 aliphatic rings. The number of halogens is 2. The monoisotopic (exact) mass is 379 g/mol. The highest BCUT2D eigenvalue weighted by Crippen LogP contribution is 2.27. The van der Waals surface area contributed by atoms with Gasteiger partial charge >= 0.3 is 0 Å². The molecule has 3 aromatic rings. The topological polar surface area (TPSA) is 47.8 Å². The Bertz CT molecular complexity index is 916. The third-order valence-electron chi connectivity index (χ3n) is 3.63. The van der Waals surface area contributed by atoms with Crippen LogP contribution in [0.25, 0.3) is 10.6 Å². The standard InChI is InChI=1S/C17H15Cl2N3OS/c1-10(2)11-3-5-12(6-4-11)16-20-7-13(24-16)9-22-17(23)15(19)14(18)8-21-22/h3-8,10H,9H2,1-2H3. The van der Waals surface area contributed by atoms with Gasteiger partial charge in [-0.3, -0.25) is 4.79 Å². The first kappa shape index (κ1) is 17.1. The second kappa shape index (κ2) is 7.05. The molecule has 124 valence electrons. The van der Waals surface area contributed by atoms with E-state index in [0.29, 0.717) is 12.5 Å². The Morgan fingerprint density at radius 3 is 2.54 bits per heavy atom. The molecule has 0 saturated heterocycles. The van der Waals surface area contributed by atoms with E-state index < -0.39 is 5.56 Å². The van der Waals surface area contributed by atoms with E-state index in [1.54, 1.807) is 6.20 Å². The average Bonchev–Trinajstić information content (AvgIpc) is 3.04. The third-order valence-corrected chi connectivity index (χ3v) is 5.41. The van der Waals surface area contributed by atoms with Crippen LogP contribution in [-0.4, -0.2) is 14.8 Å². The molecule has 4 nitrogen and oxygen atoms in total. The quantitative estimate of drug-likeness (QED) is 0.650. The number of nitrogens with zero attached hydrogens (tertiary/aromatic N) is 3. The summed E-state index contributed by atoms with van der Waals surface area (Å²) in [5.74, 6) is 0.499. The summed E-state index contributed by atoms with van der Waals surface area (Å²) in [6.45, 7) is 4.65. The highest BCUT2D eigenvalue weighted by atomic mass is 35.5. The van der Waals surface area contributed by atoms with E-state index in [1.165, 1.54) is 27.8 Å². The molecule has 0 spiro atoms. The van der Waals surface area contributed by atoms with E-state index in [9.17, 15) is 4.79 Å². The maximum atomic E-state index is 12.0. The molecule has 1 aromatic carbocycles. The van der Waals surface area contributed by atoms with Gasteiger partial charge in [-0.2, -0.15) is 5.10 Å². The maximum Gasteiger partial charge on any atom is 0.287 e. The van der Waals surface area contributed by atoms with Crippen molar-refractivity contribution >= 4 is 34.5 Å². The highest BCUT2D eigenvalue weighted by molar-refractivity contribution is 7.15. The van der Waals surface area contributed by atoms with Crippen molar-refractivity contribution in [1.29, 1.82) is 0 Å². The first-order chi connectivity index (χ1) is 11.5. The lowest BCUT2D eigenvalue weighted by Crippen LogP contribution is -2.23. The van der Waals surface area contributed by atoms with E-state index in [4.69, 9.17) is 23.2 Å². The van der Waals surface area contributed by atoms with Gasteiger partial charge in [-0.15, -0.1) is 11.3 Å². The van der Waals surface area contributed by atoms with Gasteiger partial charge in [0.05, 0.1) is 17.8 Å². The molecule has 0 aliphatic heterocycles. The molecule has 0 radical (unpaired) electrons. The maximum absolute atomic E-state index is 12.0. The summed E-state index contributed by atoms with van der Waals surface area (Å²) in [6.07, 6.45) is 3.13. The summed E-state index contributed by atoms with van der Waals surface area (Å²) in [4.78, 5) is 17.4. The van der Waals surface area contributed by atoms with Crippen LogP contribution >= 0.6 is 34.5 Å². The molecular weight excluding hydrogens is 365 g/mol. The first-order valence-corrected chi connectivity index (χ1v) is 8.99. The summed E-state index contributed by atoms with van der Waals surface area (Å²) >= 11 is 13.2. The molecule has 0 fully saturated rings. The molecule has 2 aromatic heterocycles. The van der Waals surface area contributed by atoms with Crippen LogP contribution in [0.4, 0.5) is 0 Å². The number of benzene rings is 1. The van der Waals surface area contributed by atoms with Crippen molar-refractivity contribution in [2.45, 2.75) is 26.3 Å². The second-order valence-electron chi connectivity index (χ2n) is 5.68. The average molecular weight is 380 g/mol. The summed E-state index contributed by atoms with van der Waals surface area (Å²) in [5, 5.41) is 5.07. The van der Waals surface area contributed by atoms with Gasteiger partial charge in [0.15, 0.2) is 0 Å². The van der Waals surface area contributed by atoms with Crippen molar-refractivity contribution in [3.63, 3.8) is 0 Å². The molecule has 24 heavy (non-hydrogen) atoms. The van der Waals surface area contributed by atoms with Crippen molar-refractivity contribution in [2.75, 3.05) is 0 Å². The van der Waals surface area contributed by atoms with Crippen LogP contribution in [0.1, 0.15) is 30.2 Å². The molecule has 0 saturated carbocycles. The van der Waals surface area contributed by atoms with Crippen LogP contribution in [0.3, 0.4) is 0 Å². The van der Waals surface area contributed by atoms with Crippen LogP contribution in [-0.2, 0) is 6.54 Å². The number of hydrogen-bond acceptors (Lipinski definition) is 4. The summed E-state index contributed by atoms with van der Waals surface area (Å²) in [6, 6.07) is 8.38. The third kappa shape index (κ3) is 3.53. The van der Waals surface area contributed by atoms with E-state index in [0.717, 1.165) is 15.4 Å². The highest BCUT2D eigenvalue weighted by Gasteiger charge is 2.11. The number of aromatic nitrogens is 3. The van der Waals surface area contributed by atoms with Gasteiger partial charge in [0.25, 0.3) is 5.56 Å². The van der Waals surface area contributed by atoms with E-state index in [-0.39, 0.29) is 10.0 Å². The lowest BCUT2D eigenvalue weighted by Gasteiger charge is -2.05. The lowest BCUT2D eigenvalue weighted by atomic mass is 10.0. The number of thiazole rings is 1. The Morgan fingerprint density at radius 2 is 1.88 bits per heavy atom. The van der Waals surface area contributed by atoms with E-state index in [1.807, 2.05) is 0 Å². The number of hydrogen-bond donors (Lipinski definition) is 0. The largest absolute Gasteiger partial charge is 0.287 e. The fourth-order valence-electron chi connectivity index (χ4n) is 2.23. The minimum Gasteiger partial charge on any atom is -0.266 e. The predicted molar refractivity (Wildman–Crippen MR) is 99.3 cm³/mol. The second-order valence-corrected chi connectivity index (χ2v) is 7.58. The van der Waals surface area contributed by atoms with E-state index >= 15 is 0 Å². The van der Waals surface area contributed by atoms with Crippen LogP contribution in [0.5, 0.6) is 0 Å². The van der Waals surface area contributed by atoms with Crippen LogP contribution in [0.15, 0.2) is 41.5 Å². The Labute approximate surface area is 153 Å². The Morgan fingerprint density at radius 1 is 1.17 bits per heavy atom. The van der Waals surface area contributed by atoms with Crippen molar-refractivity contribution in [3.8, 4) is 10.6 Å². The van der Waals surface area contributed by atoms with Crippen molar-refractivity contribution in [1.82, 2.24) is 14.8 Å². The van der Waals surface area contributed by atoms with Gasteiger partial charge in [0, 0.05) is 16.6 Å². The van der Waals surface area contributed by atoms with Crippen LogP contribution in [0.2, 0.25) is 10.0 Å². The molecule has 2 heterocycles. The minimum absolute atomic E-state index is 0.0133. The SMILES string of the molecule is CC(C)c1ccc(-c2ncc(Cn3ncc(Cl)c(Cl)c3=O)s2)cc1. The Kier molecular flexibility index (Phi) is 5.04. The van der Waals surface area contributed by atoms with Gasteiger partial charge < -0.3 is 0 Å². The van der Waals surface area contributed by atoms with Gasteiger partial charge in [0.2, 0.25) is 0 Å². The zero-order valence-corrected chi connectivity index (χ0v) is 15.5. The zero-order chi connectivity index (χ0) is 17.3. The molecule has 0 N–H and O–H groups in total. The van der Waals surface area contributed by atoms with Crippen molar-refractivity contribution in [2.24, 2.45) is 0 Å². The molecule has 0 aliphatic carbocycles. The molecule has 0 unspecified atom stereocenters. The number of rotatable bonds is 4. The molecule has 0 bridgehead atoms. The normalized spacial score (nSPS) is 11.2. The van der Waals surface area contributed by atoms with Gasteiger partial charge in [0.1, 0.15) is 10.0 Å². The van der Waals surface area contributed by atoms with Gasteiger partial charge in [-0.25, -0.2) is 9.67 Å². The van der Waals surface area contributed by atoms with E-state index in [2.05, 4.69) is 48.2 Å². The minimum atomic E-state index is -0.402. The molecule has 3 rings (SSSR count). The molecule has 0 atom stereocenters. The van der Waals surface area contributed by atoms with Crippen molar-refractivity contribution < 1.29 is 0 Å². The predicted octanol–water partition coefficient (Wildman–Crippen LogP) is 4.85. The summed E-state index contributed by atoms with van der Waals surface area (Å²) in [7, 11) is 0. The lowest BCUT2D eigenvalue weighted by molar-refractivity contribution is 0.645. The molecule has 7 heteroatoms. The molecular formula is C17H15Cl2N3OS. The zero-order valence-electron chi connectivity index (χ0n) is 13.2. The fraction of sp³-hybridized carbons (Fsp3) is 0.235.